The first-order valence-electron chi connectivity index (χ1n) is 7.59. The van der Waals surface area contributed by atoms with E-state index >= 15 is 0 Å². The van der Waals surface area contributed by atoms with E-state index in [0.717, 1.165) is 0 Å². The number of anilines is 1. The first kappa shape index (κ1) is 18.3. The lowest BCUT2D eigenvalue weighted by Gasteiger charge is -2.40. The summed E-state index contributed by atoms with van der Waals surface area (Å²) in [4.78, 5) is 34.6. The first-order valence-corrected chi connectivity index (χ1v) is 7.97. The zero-order chi connectivity index (χ0) is 18.1. The molecule has 1 aromatic heterocycles. The van der Waals surface area contributed by atoms with Gasteiger partial charge in [0.1, 0.15) is 11.4 Å². The fourth-order valence-corrected chi connectivity index (χ4v) is 2.63. The number of carbonyl (C=O) groups excluding carboxylic acids is 1. The van der Waals surface area contributed by atoms with Crippen LogP contribution < -0.4 is 4.90 Å². The van der Waals surface area contributed by atoms with Crippen LogP contribution in [0, 0.1) is 0 Å². The number of aromatic carboxylic acids is 1. The van der Waals surface area contributed by atoms with Crippen molar-refractivity contribution < 1.29 is 19.4 Å². The van der Waals surface area contributed by atoms with Crippen LogP contribution in [0.5, 0.6) is 0 Å². The van der Waals surface area contributed by atoms with E-state index in [9.17, 15) is 9.59 Å². The van der Waals surface area contributed by atoms with Crippen LogP contribution in [0.3, 0.4) is 0 Å². The summed E-state index contributed by atoms with van der Waals surface area (Å²) in [5.74, 6) is -0.732. The average Bonchev–Trinajstić information content (AvgIpc) is 2.44. The number of halogens is 1. The molecule has 1 aromatic rings. The minimum atomic E-state index is -1.17. The van der Waals surface area contributed by atoms with Crippen LogP contribution in [0.25, 0.3) is 0 Å². The summed E-state index contributed by atoms with van der Waals surface area (Å²) >= 11 is 5.82. The molecule has 8 nitrogen and oxygen atoms in total. The lowest BCUT2D eigenvalue weighted by molar-refractivity contribution is 0.0218. The topological polar surface area (TPSA) is 95.9 Å². The summed E-state index contributed by atoms with van der Waals surface area (Å²) < 4.78 is 5.38. The first-order chi connectivity index (χ1) is 11.1. The van der Waals surface area contributed by atoms with E-state index < -0.39 is 11.6 Å². The Hall–Kier alpha value is -2.09. The molecule has 132 valence electrons. The van der Waals surface area contributed by atoms with Crippen LogP contribution in [0.4, 0.5) is 10.6 Å². The Morgan fingerprint density at radius 1 is 1.33 bits per heavy atom. The fourth-order valence-electron chi connectivity index (χ4n) is 2.45. The third-order valence-corrected chi connectivity index (χ3v) is 3.65. The number of aromatic nitrogens is 2. The molecule has 2 heterocycles. The number of piperazine rings is 1. The number of ether oxygens (including phenoxy) is 1. The highest BCUT2D eigenvalue weighted by molar-refractivity contribution is 6.28. The van der Waals surface area contributed by atoms with Crippen LogP contribution in [0.1, 0.15) is 38.2 Å². The molecule has 1 saturated heterocycles. The number of rotatable bonds is 2. The smallest absolute Gasteiger partial charge is 0.410 e. The van der Waals surface area contributed by atoms with Crippen molar-refractivity contribution in [1.29, 1.82) is 0 Å². The minimum Gasteiger partial charge on any atom is -0.477 e. The van der Waals surface area contributed by atoms with Crippen LogP contribution in [-0.2, 0) is 4.74 Å². The maximum absolute atomic E-state index is 12.2. The van der Waals surface area contributed by atoms with Crippen LogP contribution in [0.15, 0.2) is 6.07 Å². The van der Waals surface area contributed by atoms with Crippen molar-refractivity contribution >= 4 is 29.5 Å². The molecule has 0 spiro atoms. The van der Waals surface area contributed by atoms with Gasteiger partial charge in [-0.2, -0.15) is 0 Å². The van der Waals surface area contributed by atoms with Crippen molar-refractivity contribution in [2.75, 3.05) is 24.5 Å². The third kappa shape index (κ3) is 4.47. The van der Waals surface area contributed by atoms with Gasteiger partial charge in [0, 0.05) is 31.7 Å². The summed E-state index contributed by atoms with van der Waals surface area (Å²) in [5.41, 5.74) is -0.708. The summed E-state index contributed by atoms with van der Waals surface area (Å²) in [6, 6.07) is 1.31. The maximum Gasteiger partial charge on any atom is 0.410 e. The second kappa shape index (κ2) is 6.80. The highest BCUT2D eigenvalue weighted by Gasteiger charge is 2.31. The van der Waals surface area contributed by atoms with Crippen molar-refractivity contribution in [3.8, 4) is 0 Å². The third-order valence-electron chi connectivity index (χ3n) is 3.48. The highest BCUT2D eigenvalue weighted by Crippen LogP contribution is 2.22. The lowest BCUT2D eigenvalue weighted by Crippen LogP contribution is -2.54. The Kier molecular flexibility index (Phi) is 5.17. The van der Waals surface area contributed by atoms with Crippen molar-refractivity contribution in [3.63, 3.8) is 0 Å². The van der Waals surface area contributed by atoms with Crippen LogP contribution in [0.2, 0.25) is 5.28 Å². The molecule has 0 bridgehead atoms. The second-order valence-electron chi connectivity index (χ2n) is 6.65. The Balaban J connectivity index is 2.11. The SMILES string of the molecule is C[C@H]1CN(C(=O)OC(C)(C)C)CCN1c1cc(C(=O)O)nc(Cl)n1. The summed E-state index contributed by atoms with van der Waals surface area (Å²) in [6.45, 7) is 8.77. The quantitative estimate of drug-likeness (QED) is 0.812. The van der Waals surface area contributed by atoms with Crippen molar-refractivity contribution in [2.45, 2.75) is 39.3 Å². The van der Waals surface area contributed by atoms with Gasteiger partial charge >= 0.3 is 12.1 Å². The highest BCUT2D eigenvalue weighted by atomic mass is 35.5. The summed E-state index contributed by atoms with van der Waals surface area (Å²) in [7, 11) is 0. The van der Waals surface area contributed by atoms with E-state index in [4.69, 9.17) is 21.4 Å². The van der Waals surface area contributed by atoms with Crippen LogP contribution >= 0.6 is 11.6 Å². The number of hydrogen-bond acceptors (Lipinski definition) is 6. The molecule has 2 rings (SSSR count). The van der Waals surface area contributed by atoms with E-state index in [1.165, 1.54) is 6.07 Å². The van der Waals surface area contributed by atoms with E-state index in [1.807, 2.05) is 32.6 Å². The molecule has 1 atom stereocenters. The monoisotopic (exact) mass is 356 g/mol. The zero-order valence-electron chi connectivity index (χ0n) is 14.1. The van der Waals surface area contributed by atoms with E-state index in [-0.39, 0.29) is 23.1 Å². The molecule has 1 N–H and O–H groups in total. The van der Waals surface area contributed by atoms with E-state index in [0.29, 0.717) is 25.5 Å². The molecule has 0 saturated carbocycles. The van der Waals surface area contributed by atoms with E-state index in [2.05, 4.69) is 9.97 Å². The van der Waals surface area contributed by atoms with Gasteiger partial charge < -0.3 is 19.6 Å². The predicted molar refractivity (Wildman–Crippen MR) is 88.6 cm³/mol. The van der Waals surface area contributed by atoms with Crippen molar-refractivity contribution in [3.05, 3.63) is 17.0 Å². The molecular formula is C15H21ClN4O4. The van der Waals surface area contributed by atoms with Crippen LogP contribution in [-0.4, -0.2) is 63.3 Å². The zero-order valence-corrected chi connectivity index (χ0v) is 14.9. The molecule has 1 aliphatic heterocycles. The minimum absolute atomic E-state index is 0.0705. The normalized spacial score (nSPS) is 18.5. The predicted octanol–water partition coefficient (Wildman–Crippen LogP) is 2.27. The molecule has 0 aromatic carbocycles. The van der Waals surface area contributed by atoms with Gasteiger partial charge in [-0.25, -0.2) is 19.6 Å². The molecule has 1 amide bonds. The molecule has 0 aliphatic carbocycles. The van der Waals surface area contributed by atoms with Gasteiger partial charge in [0.2, 0.25) is 5.28 Å². The fraction of sp³-hybridized carbons (Fsp3) is 0.600. The number of carboxylic acids is 1. The standard InChI is InChI=1S/C15H21ClN4O4/c1-9-8-19(14(23)24-15(2,3)4)5-6-20(9)11-7-10(12(21)22)17-13(16)18-11/h7,9H,5-6,8H2,1-4H3,(H,21,22)/t9-/m0/s1. The van der Waals surface area contributed by atoms with Gasteiger partial charge in [-0.05, 0) is 39.3 Å². The van der Waals surface area contributed by atoms with Gasteiger partial charge in [0.25, 0.3) is 0 Å². The molecular weight excluding hydrogens is 336 g/mol. The Morgan fingerprint density at radius 2 is 2.00 bits per heavy atom. The molecule has 24 heavy (non-hydrogen) atoms. The number of carbonyl (C=O) groups is 2. The Bertz CT molecular complexity index is 647. The van der Waals surface area contributed by atoms with Crippen molar-refractivity contribution in [1.82, 2.24) is 14.9 Å². The second-order valence-corrected chi connectivity index (χ2v) is 6.99. The molecule has 9 heteroatoms. The molecule has 1 fully saturated rings. The molecule has 0 unspecified atom stereocenters. The van der Waals surface area contributed by atoms with Crippen molar-refractivity contribution in [2.24, 2.45) is 0 Å². The average molecular weight is 357 g/mol. The summed E-state index contributed by atoms with van der Waals surface area (Å²) in [5, 5.41) is 8.97. The Labute approximate surface area is 145 Å². The van der Waals surface area contributed by atoms with Gasteiger partial charge in [-0.1, -0.05) is 0 Å². The Morgan fingerprint density at radius 3 is 2.54 bits per heavy atom. The summed E-state index contributed by atoms with van der Waals surface area (Å²) in [6.07, 6.45) is -0.360. The lowest BCUT2D eigenvalue weighted by atomic mass is 10.2. The van der Waals surface area contributed by atoms with Gasteiger partial charge in [0.15, 0.2) is 5.69 Å². The molecule has 0 radical (unpaired) electrons. The number of nitrogens with zero attached hydrogens (tertiary/aromatic N) is 4. The van der Waals surface area contributed by atoms with E-state index in [1.54, 1.807) is 4.90 Å². The largest absolute Gasteiger partial charge is 0.477 e. The van der Waals surface area contributed by atoms with Gasteiger partial charge in [-0.15, -0.1) is 0 Å². The molecule has 1 aliphatic rings. The number of amides is 1. The number of carboxylic acid groups (broad SMARTS) is 1. The maximum atomic E-state index is 12.2. The van der Waals surface area contributed by atoms with Gasteiger partial charge in [0.05, 0.1) is 0 Å². The van der Waals surface area contributed by atoms with Gasteiger partial charge in [-0.3, -0.25) is 0 Å². The number of hydrogen-bond donors (Lipinski definition) is 1.